The Morgan fingerprint density at radius 3 is 3.00 bits per heavy atom. The highest BCUT2D eigenvalue weighted by Gasteiger charge is 2.10. The zero-order valence-electron chi connectivity index (χ0n) is 7.64. The molecule has 4 nitrogen and oxygen atoms in total. The summed E-state index contributed by atoms with van der Waals surface area (Å²) in [5, 5.41) is 18.9. The molecule has 0 radical (unpaired) electrons. The second-order valence-corrected chi connectivity index (χ2v) is 3.36. The number of hydrogen-bond acceptors (Lipinski definition) is 4. The Balaban J connectivity index is 1.98. The molecule has 0 bridgehead atoms. The van der Waals surface area contributed by atoms with Crippen LogP contribution < -0.4 is 16.0 Å². The molecule has 1 saturated heterocycles. The smallest absolute Gasteiger partial charge is 0.0636 e. The van der Waals surface area contributed by atoms with E-state index in [-0.39, 0.29) is 6.10 Å². The fourth-order valence-corrected chi connectivity index (χ4v) is 1.32. The molecule has 0 aliphatic carbocycles. The van der Waals surface area contributed by atoms with Gasteiger partial charge in [-0.3, -0.25) is 0 Å². The van der Waals surface area contributed by atoms with Crippen molar-refractivity contribution in [2.75, 3.05) is 32.7 Å². The van der Waals surface area contributed by atoms with Gasteiger partial charge in [-0.25, -0.2) is 0 Å². The number of nitrogens with one attached hydrogen (secondary N) is 3. The topological polar surface area (TPSA) is 56.3 Å². The van der Waals surface area contributed by atoms with Crippen molar-refractivity contribution in [3.05, 3.63) is 0 Å². The molecule has 0 saturated carbocycles. The van der Waals surface area contributed by atoms with E-state index in [1.54, 1.807) is 6.92 Å². The van der Waals surface area contributed by atoms with Gasteiger partial charge in [-0.2, -0.15) is 0 Å². The predicted octanol–water partition coefficient (Wildman–Crippen LogP) is -1.48. The molecule has 0 aromatic carbocycles. The third kappa shape index (κ3) is 4.01. The lowest BCUT2D eigenvalue weighted by molar-refractivity contribution is 0.189. The zero-order valence-corrected chi connectivity index (χ0v) is 7.64. The first-order valence-electron chi connectivity index (χ1n) is 4.62. The van der Waals surface area contributed by atoms with Crippen LogP contribution in [0.1, 0.15) is 6.92 Å². The van der Waals surface area contributed by atoms with Crippen LogP contribution in [0.15, 0.2) is 0 Å². The van der Waals surface area contributed by atoms with Gasteiger partial charge in [-0.05, 0) is 6.92 Å². The van der Waals surface area contributed by atoms with Crippen molar-refractivity contribution in [3.63, 3.8) is 0 Å². The SMILES string of the molecule is CC(O)CNCC1CNCCN1. The van der Waals surface area contributed by atoms with Crippen LogP contribution in [0.2, 0.25) is 0 Å². The predicted molar refractivity (Wildman–Crippen MR) is 49.2 cm³/mol. The maximum absolute atomic E-state index is 8.98. The minimum absolute atomic E-state index is 0.249. The lowest BCUT2D eigenvalue weighted by atomic mass is 10.2. The first-order chi connectivity index (χ1) is 5.79. The first kappa shape index (κ1) is 9.92. The van der Waals surface area contributed by atoms with E-state index in [1.807, 2.05) is 0 Å². The Morgan fingerprint density at radius 1 is 1.58 bits per heavy atom. The van der Waals surface area contributed by atoms with Crippen molar-refractivity contribution in [3.8, 4) is 0 Å². The van der Waals surface area contributed by atoms with Gasteiger partial charge in [0.15, 0.2) is 0 Å². The number of aliphatic hydroxyl groups is 1. The largest absolute Gasteiger partial charge is 0.392 e. The maximum Gasteiger partial charge on any atom is 0.0636 e. The van der Waals surface area contributed by atoms with Crippen LogP contribution in [0, 0.1) is 0 Å². The molecule has 12 heavy (non-hydrogen) atoms. The molecule has 1 fully saturated rings. The van der Waals surface area contributed by atoms with Crippen molar-refractivity contribution in [2.24, 2.45) is 0 Å². The number of aliphatic hydroxyl groups excluding tert-OH is 1. The zero-order chi connectivity index (χ0) is 8.81. The second kappa shape index (κ2) is 5.48. The molecule has 72 valence electrons. The van der Waals surface area contributed by atoms with Crippen LogP contribution in [0.4, 0.5) is 0 Å². The molecule has 0 spiro atoms. The lowest BCUT2D eigenvalue weighted by Crippen LogP contribution is -2.53. The van der Waals surface area contributed by atoms with Crippen LogP contribution >= 0.6 is 0 Å². The minimum atomic E-state index is -0.249. The molecule has 2 atom stereocenters. The summed E-state index contributed by atoms with van der Waals surface area (Å²) >= 11 is 0. The van der Waals surface area contributed by atoms with Crippen LogP contribution in [-0.2, 0) is 0 Å². The van der Waals surface area contributed by atoms with Gasteiger partial charge in [0.1, 0.15) is 0 Å². The highest BCUT2D eigenvalue weighted by atomic mass is 16.3. The van der Waals surface area contributed by atoms with Gasteiger partial charge in [0.2, 0.25) is 0 Å². The highest BCUT2D eigenvalue weighted by molar-refractivity contribution is 4.77. The molecular weight excluding hydrogens is 154 g/mol. The van der Waals surface area contributed by atoms with E-state index in [9.17, 15) is 0 Å². The van der Waals surface area contributed by atoms with E-state index in [1.165, 1.54) is 0 Å². The van der Waals surface area contributed by atoms with E-state index in [4.69, 9.17) is 5.11 Å². The van der Waals surface area contributed by atoms with Gasteiger partial charge in [-0.1, -0.05) is 0 Å². The van der Waals surface area contributed by atoms with Gasteiger partial charge >= 0.3 is 0 Å². The third-order valence-corrected chi connectivity index (χ3v) is 1.96. The molecule has 4 N–H and O–H groups in total. The average Bonchev–Trinajstić information content (AvgIpc) is 2.05. The fourth-order valence-electron chi connectivity index (χ4n) is 1.32. The Kier molecular flexibility index (Phi) is 4.53. The van der Waals surface area contributed by atoms with Crippen molar-refractivity contribution < 1.29 is 5.11 Å². The lowest BCUT2D eigenvalue weighted by Gasteiger charge is -2.24. The molecular formula is C8H19N3O. The van der Waals surface area contributed by atoms with E-state index < -0.39 is 0 Å². The Hall–Kier alpha value is -0.160. The third-order valence-electron chi connectivity index (χ3n) is 1.96. The Bertz CT molecular complexity index is 113. The first-order valence-corrected chi connectivity index (χ1v) is 4.62. The molecule has 1 rings (SSSR count). The van der Waals surface area contributed by atoms with Gasteiger partial charge in [0, 0.05) is 38.8 Å². The monoisotopic (exact) mass is 173 g/mol. The van der Waals surface area contributed by atoms with E-state index in [0.29, 0.717) is 12.6 Å². The fraction of sp³-hybridized carbons (Fsp3) is 1.00. The van der Waals surface area contributed by atoms with Crippen molar-refractivity contribution in [1.82, 2.24) is 16.0 Å². The highest BCUT2D eigenvalue weighted by Crippen LogP contribution is 1.85. The van der Waals surface area contributed by atoms with Crippen molar-refractivity contribution in [1.29, 1.82) is 0 Å². The van der Waals surface area contributed by atoms with Gasteiger partial charge < -0.3 is 21.1 Å². The Labute approximate surface area is 73.7 Å². The quantitative estimate of drug-likeness (QED) is 0.419. The average molecular weight is 173 g/mol. The maximum atomic E-state index is 8.98. The van der Waals surface area contributed by atoms with Gasteiger partial charge in [-0.15, -0.1) is 0 Å². The summed E-state index contributed by atoms with van der Waals surface area (Å²) in [7, 11) is 0. The van der Waals surface area contributed by atoms with Crippen LogP contribution in [-0.4, -0.2) is 50.0 Å². The summed E-state index contributed by atoms with van der Waals surface area (Å²) in [6, 6.07) is 0.512. The standard InChI is InChI=1S/C8H19N3O/c1-7(12)4-10-6-8-5-9-2-3-11-8/h7-12H,2-6H2,1H3. The summed E-state index contributed by atoms with van der Waals surface area (Å²) in [5.74, 6) is 0. The molecule has 4 heteroatoms. The van der Waals surface area contributed by atoms with E-state index >= 15 is 0 Å². The normalized spacial score (nSPS) is 27.0. The molecule has 0 aromatic heterocycles. The summed E-state index contributed by atoms with van der Waals surface area (Å²) in [5.41, 5.74) is 0. The van der Waals surface area contributed by atoms with Gasteiger partial charge in [0.05, 0.1) is 6.10 Å². The summed E-state index contributed by atoms with van der Waals surface area (Å²) in [6.45, 7) is 6.52. The number of hydrogen-bond donors (Lipinski definition) is 4. The minimum Gasteiger partial charge on any atom is -0.392 e. The molecule has 1 heterocycles. The Morgan fingerprint density at radius 2 is 2.42 bits per heavy atom. The van der Waals surface area contributed by atoms with E-state index in [2.05, 4.69) is 16.0 Å². The summed E-state index contributed by atoms with van der Waals surface area (Å²) in [4.78, 5) is 0. The van der Waals surface area contributed by atoms with Crippen molar-refractivity contribution >= 4 is 0 Å². The van der Waals surface area contributed by atoms with Crippen LogP contribution in [0.3, 0.4) is 0 Å². The molecule has 2 unspecified atom stereocenters. The van der Waals surface area contributed by atoms with Crippen LogP contribution in [0.5, 0.6) is 0 Å². The van der Waals surface area contributed by atoms with E-state index in [0.717, 1.165) is 26.2 Å². The van der Waals surface area contributed by atoms with Gasteiger partial charge in [0.25, 0.3) is 0 Å². The summed E-state index contributed by atoms with van der Waals surface area (Å²) in [6.07, 6.45) is -0.249. The molecule has 1 aliphatic heterocycles. The summed E-state index contributed by atoms with van der Waals surface area (Å²) < 4.78 is 0. The molecule has 0 aromatic rings. The number of rotatable bonds is 4. The van der Waals surface area contributed by atoms with Crippen LogP contribution in [0.25, 0.3) is 0 Å². The molecule has 1 aliphatic rings. The second-order valence-electron chi connectivity index (χ2n) is 3.36. The number of piperazine rings is 1. The molecule has 0 amide bonds. The van der Waals surface area contributed by atoms with Crippen molar-refractivity contribution in [2.45, 2.75) is 19.1 Å².